The van der Waals surface area contributed by atoms with Crippen molar-refractivity contribution in [2.75, 3.05) is 6.54 Å². The maximum atomic E-state index is 12.4. The van der Waals surface area contributed by atoms with E-state index < -0.39 is 11.7 Å². The smallest absolute Gasteiger partial charge is 0.330 e. The highest BCUT2D eigenvalue weighted by Crippen LogP contribution is 2.31. The lowest BCUT2D eigenvalue weighted by molar-refractivity contribution is -0.137. The number of thiazole rings is 1. The van der Waals surface area contributed by atoms with E-state index in [0.717, 1.165) is 17.1 Å². The second-order valence-electron chi connectivity index (χ2n) is 3.74. The second kappa shape index (κ2) is 5.07. The molecule has 1 aromatic heterocycles. The summed E-state index contributed by atoms with van der Waals surface area (Å²) in [5.41, 5.74) is 6.14. The summed E-state index contributed by atoms with van der Waals surface area (Å²) in [4.78, 5) is 4.32. The topological polar surface area (TPSA) is 38.9 Å². The van der Waals surface area contributed by atoms with E-state index in [0.29, 0.717) is 24.2 Å². The maximum absolute atomic E-state index is 12.4. The third-order valence-corrected chi connectivity index (χ3v) is 3.33. The monoisotopic (exact) mass is 272 g/mol. The van der Waals surface area contributed by atoms with Crippen LogP contribution in [-0.2, 0) is 12.6 Å². The predicted molar refractivity (Wildman–Crippen MR) is 65.3 cm³/mol. The van der Waals surface area contributed by atoms with Crippen LogP contribution >= 0.6 is 11.3 Å². The number of rotatable bonds is 3. The van der Waals surface area contributed by atoms with Crippen molar-refractivity contribution in [3.8, 4) is 11.3 Å². The number of halogens is 3. The average Bonchev–Trinajstić information content (AvgIpc) is 2.77. The van der Waals surface area contributed by atoms with Gasteiger partial charge in [0.15, 0.2) is 0 Å². The van der Waals surface area contributed by atoms with Gasteiger partial charge in [0.05, 0.1) is 16.3 Å². The van der Waals surface area contributed by atoms with Gasteiger partial charge >= 0.3 is 6.18 Å². The van der Waals surface area contributed by atoms with E-state index in [1.807, 2.05) is 5.38 Å². The van der Waals surface area contributed by atoms with Crippen molar-refractivity contribution in [2.45, 2.75) is 12.6 Å². The molecule has 2 aromatic rings. The Kier molecular flexibility index (Phi) is 3.68. The van der Waals surface area contributed by atoms with Crippen LogP contribution in [0, 0.1) is 0 Å². The third-order valence-electron chi connectivity index (χ3n) is 2.42. The van der Waals surface area contributed by atoms with Gasteiger partial charge < -0.3 is 5.73 Å². The lowest BCUT2D eigenvalue weighted by atomic mass is 10.1. The fourth-order valence-electron chi connectivity index (χ4n) is 1.51. The molecule has 2 nitrogen and oxygen atoms in total. The van der Waals surface area contributed by atoms with E-state index in [-0.39, 0.29) is 0 Å². The highest BCUT2D eigenvalue weighted by Gasteiger charge is 2.30. The van der Waals surface area contributed by atoms with Gasteiger partial charge in [-0.25, -0.2) is 4.98 Å². The van der Waals surface area contributed by atoms with Crippen LogP contribution in [0.5, 0.6) is 0 Å². The molecular weight excluding hydrogens is 261 g/mol. The van der Waals surface area contributed by atoms with Crippen LogP contribution in [0.4, 0.5) is 13.2 Å². The molecule has 1 aromatic carbocycles. The van der Waals surface area contributed by atoms with Crippen LogP contribution < -0.4 is 5.73 Å². The Morgan fingerprint density at radius 1 is 1.17 bits per heavy atom. The zero-order valence-corrected chi connectivity index (χ0v) is 10.2. The van der Waals surface area contributed by atoms with Crippen molar-refractivity contribution in [3.63, 3.8) is 0 Å². The molecule has 1 heterocycles. The SMILES string of the molecule is NCCc1nc(-c2ccc(C(F)(F)F)cc2)cs1. The summed E-state index contributed by atoms with van der Waals surface area (Å²) >= 11 is 1.47. The molecule has 0 aliphatic heterocycles. The van der Waals surface area contributed by atoms with Crippen LogP contribution in [0.3, 0.4) is 0 Å². The van der Waals surface area contributed by atoms with E-state index >= 15 is 0 Å². The Balaban J connectivity index is 2.23. The zero-order valence-electron chi connectivity index (χ0n) is 9.37. The molecule has 0 aliphatic carbocycles. The van der Waals surface area contributed by atoms with Gasteiger partial charge in [0.25, 0.3) is 0 Å². The minimum absolute atomic E-state index is 0.514. The summed E-state index contributed by atoms with van der Waals surface area (Å²) in [6.45, 7) is 0.514. The van der Waals surface area contributed by atoms with E-state index in [4.69, 9.17) is 5.73 Å². The van der Waals surface area contributed by atoms with Crippen molar-refractivity contribution in [1.82, 2.24) is 4.98 Å². The summed E-state index contributed by atoms with van der Waals surface area (Å²) in [5.74, 6) is 0. The number of nitrogens with two attached hydrogens (primary N) is 1. The highest BCUT2D eigenvalue weighted by molar-refractivity contribution is 7.09. The number of nitrogens with zero attached hydrogens (tertiary/aromatic N) is 1. The molecule has 96 valence electrons. The minimum atomic E-state index is -4.30. The van der Waals surface area contributed by atoms with Crippen molar-refractivity contribution in [1.29, 1.82) is 0 Å². The molecule has 0 spiro atoms. The van der Waals surface area contributed by atoms with Gasteiger partial charge in [-0.15, -0.1) is 11.3 Å². The van der Waals surface area contributed by atoms with Crippen molar-refractivity contribution in [2.24, 2.45) is 5.73 Å². The van der Waals surface area contributed by atoms with Gasteiger partial charge in [-0.05, 0) is 18.7 Å². The first-order chi connectivity index (χ1) is 8.50. The molecule has 0 amide bonds. The Morgan fingerprint density at radius 2 is 1.83 bits per heavy atom. The van der Waals surface area contributed by atoms with E-state index in [9.17, 15) is 13.2 Å². The number of alkyl halides is 3. The largest absolute Gasteiger partial charge is 0.416 e. The van der Waals surface area contributed by atoms with Gasteiger partial charge in [0.2, 0.25) is 0 Å². The van der Waals surface area contributed by atoms with Gasteiger partial charge in [0, 0.05) is 17.4 Å². The maximum Gasteiger partial charge on any atom is 0.416 e. The second-order valence-corrected chi connectivity index (χ2v) is 4.68. The molecule has 0 saturated heterocycles. The fourth-order valence-corrected chi connectivity index (χ4v) is 2.33. The highest BCUT2D eigenvalue weighted by atomic mass is 32.1. The molecule has 0 radical (unpaired) electrons. The Labute approximate surface area is 106 Å². The molecule has 18 heavy (non-hydrogen) atoms. The van der Waals surface area contributed by atoms with E-state index in [2.05, 4.69) is 4.98 Å². The van der Waals surface area contributed by atoms with Gasteiger partial charge in [-0.3, -0.25) is 0 Å². The Morgan fingerprint density at radius 3 is 2.39 bits per heavy atom. The van der Waals surface area contributed by atoms with Crippen molar-refractivity contribution >= 4 is 11.3 Å². The fraction of sp³-hybridized carbons (Fsp3) is 0.250. The van der Waals surface area contributed by atoms with Crippen LogP contribution in [0.2, 0.25) is 0 Å². The predicted octanol–water partition coefficient (Wildman–Crippen LogP) is 3.33. The zero-order chi connectivity index (χ0) is 13.2. The van der Waals surface area contributed by atoms with E-state index in [1.54, 1.807) is 0 Å². The lowest BCUT2D eigenvalue weighted by Gasteiger charge is -2.06. The third kappa shape index (κ3) is 2.88. The molecule has 0 fully saturated rings. The van der Waals surface area contributed by atoms with Gasteiger partial charge in [0.1, 0.15) is 0 Å². The summed E-state index contributed by atoms with van der Waals surface area (Å²) < 4.78 is 37.2. The summed E-state index contributed by atoms with van der Waals surface area (Å²) in [7, 11) is 0. The summed E-state index contributed by atoms with van der Waals surface area (Å²) in [6.07, 6.45) is -3.61. The standard InChI is InChI=1S/C12H11F3N2S/c13-12(14,15)9-3-1-8(2-4-9)10-7-18-11(17-10)5-6-16/h1-4,7H,5-6,16H2. The normalized spacial score (nSPS) is 11.8. The number of hydrogen-bond acceptors (Lipinski definition) is 3. The number of benzene rings is 1. The number of aromatic nitrogens is 1. The first-order valence-corrected chi connectivity index (χ1v) is 6.21. The van der Waals surface area contributed by atoms with Gasteiger partial charge in [-0.1, -0.05) is 12.1 Å². The molecule has 0 bridgehead atoms. The first-order valence-electron chi connectivity index (χ1n) is 5.33. The van der Waals surface area contributed by atoms with Crippen molar-refractivity contribution in [3.05, 3.63) is 40.2 Å². The molecule has 2 N–H and O–H groups in total. The van der Waals surface area contributed by atoms with E-state index in [1.165, 1.54) is 23.5 Å². The summed E-state index contributed by atoms with van der Waals surface area (Å²) in [6, 6.07) is 5.00. The quantitative estimate of drug-likeness (QED) is 0.930. The first kappa shape index (κ1) is 13.0. The molecule has 0 unspecified atom stereocenters. The summed E-state index contributed by atoms with van der Waals surface area (Å²) in [5, 5.41) is 2.72. The van der Waals surface area contributed by atoms with Gasteiger partial charge in [-0.2, -0.15) is 13.2 Å². The average molecular weight is 272 g/mol. The molecule has 6 heteroatoms. The Hall–Kier alpha value is -1.40. The Bertz CT molecular complexity index is 517. The minimum Gasteiger partial charge on any atom is -0.330 e. The van der Waals surface area contributed by atoms with Crippen LogP contribution in [0.1, 0.15) is 10.6 Å². The molecule has 2 rings (SSSR count). The lowest BCUT2D eigenvalue weighted by Crippen LogP contribution is -2.04. The molecular formula is C12H11F3N2S. The molecule has 0 aliphatic rings. The van der Waals surface area contributed by atoms with Crippen molar-refractivity contribution < 1.29 is 13.2 Å². The van der Waals surface area contributed by atoms with Crippen LogP contribution in [-0.4, -0.2) is 11.5 Å². The van der Waals surface area contributed by atoms with Crippen LogP contribution in [0.15, 0.2) is 29.6 Å². The molecule has 0 saturated carbocycles. The number of hydrogen-bond donors (Lipinski definition) is 1. The van der Waals surface area contributed by atoms with Crippen LogP contribution in [0.25, 0.3) is 11.3 Å². The molecule has 0 atom stereocenters.